The van der Waals surface area contributed by atoms with Crippen LogP contribution in [0.25, 0.3) is 0 Å². The lowest BCUT2D eigenvalue weighted by Gasteiger charge is -2.12. The molecule has 0 aliphatic carbocycles. The van der Waals surface area contributed by atoms with E-state index in [-0.39, 0.29) is 23.5 Å². The quantitative estimate of drug-likeness (QED) is 0.623. The molecule has 1 aromatic rings. The highest BCUT2D eigenvalue weighted by Gasteiger charge is 2.17. The lowest BCUT2D eigenvalue weighted by atomic mass is 10.0. The Labute approximate surface area is 94.3 Å². The molecule has 0 radical (unpaired) electrons. The fourth-order valence-corrected chi connectivity index (χ4v) is 1.65. The van der Waals surface area contributed by atoms with Crippen molar-refractivity contribution in [3.63, 3.8) is 0 Å². The number of aliphatic carboxylic acids is 1. The number of aromatic hydroxyl groups is 2. The Morgan fingerprint density at radius 1 is 1.47 bits per heavy atom. The first-order valence-corrected chi connectivity index (χ1v) is 4.90. The fourth-order valence-electron chi connectivity index (χ4n) is 1.19. The summed E-state index contributed by atoms with van der Waals surface area (Å²) < 4.78 is 0.522. The van der Waals surface area contributed by atoms with E-state index in [1.165, 1.54) is 12.1 Å². The molecule has 15 heavy (non-hydrogen) atoms. The summed E-state index contributed by atoms with van der Waals surface area (Å²) in [5.74, 6) is -1.78. The van der Waals surface area contributed by atoms with E-state index in [0.29, 0.717) is 4.47 Å². The Balaban J connectivity index is 3.07. The van der Waals surface area contributed by atoms with Crippen molar-refractivity contribution in [1.29, 1.82) is 0 Å². The molecule has 0 amide bonds. The lowest BCUT2D eigenvalue weighted by Crippen LogP contribution is -2.15. The Bertz CT molecular complexity index is 394. The molecule has 0 heterocycles. The summed E-state index contributed by atoms with van der Waals surface area (Å²) in [5, 5.41) is 27.3. The van der Waals surface area contributed by atoms with Gasteiger partial charge in [-0.15, -0.1) is 0 Å². The van der Waals surface area contributed by atoms with E-state index in [9.17, 15) is 15.0 Å². The summed E-state index contributed by atoms with van der Waals surface area (Å²) >= 11 is 3.11. The van der Waals surface area contributed by atoms with Gasteiger partial charge in [0, 0.05) is 16.1 Å². The number of halogens is 1. The van der Waals surface area contributed by atoms with Gasteiger partial charge in [0.05, 0.1) is 6.42 Å². The molecule has 0 aromatic heterocycles. The number of benzene rings is 1. The Hall–Kier alpha value is -1.27. The van der Waals surface area contributed by atoms with Gasteiger partial charge in [0.1, 0.15) is 0 Å². The van der Waals surface area contributed by atoms with Crippen LogP contribution in [0.2, 0.25) is 0 Å². The number of phenolic OH excluding ortho intramolecular Hbond substituents is 2. The van der Waals surface area contributed by atoms with Crippen molar-refractivity contribution >= 4 is 21.9 Å². The van der Waals surface area contributed by atoms with E-state index in [0.717, 1.165) is 0 Å². The average molecular weight is 276 g/mol. The smallest absolute Gasteiger partial charge is 0.305 e. The molecule has 6 heteroatoms. The molecule has 0 saturated carbocycles. The zero-order valence-electron chi connectivity index (χ0n) is 7.64. The summed E-state index contributed by atoms with van der Waals surface area (Å²) in [4.78, 5) is 10.4. The third-order valence-electron chi connectivity index (χ3n) is 1.88. The second-order valence-electron chi connectivity index (χ2n) is 3.07. The van der Waals surface area contributed by atoms with Crippen LogP contribution in [0.15, 0.2) is 16.6 Å². The van der Waals surface area contributed by atoms with Crippen LogP contribution in [0.3, 0.4) is 0 Å². The third-order valence-corrected chi connectivity index (χ3v) is 2.34. The van der Waals surface area contributed by atoms with E-state index < -0.39 is 12.0 Å². The van der Waals surface area contributed by atoms with Gasteiger partial charge >= 0.3 is 5.97 Å². The molecule has 0 saturated heterocycles. The van der Waals surface area contributed by atoms with E-state index in [1.807, 2.05) is 0 Å². The summed E-state index contributed by atoms with van der Waals surface area (Å²) in [5.41, 5.74) is 5.76. The van der Waals surface area contributed by atoms with E-state index in [4.69, 9.17) is 10.8 Å². The average Bonchev–Trinajstić information content (AvgIpc) is 2.09. The molecule has 0 spiro atoms. The number of phenols is 2. The number of carboxylic acid groups (broad SMARTS) is 1. The summed E-state index contributed by atoms with van der Waals surface area (Å²) in [6.07, 6.45) is -0.316. The predicted octanol–water partition coefficient (Wildman–Crippen LogP) is 1.33. The highest BCUT2D eigenvalue weighted by molar-refractivity contribution is 9.10. The van der Waals surface area contributed by atoms with E-state index in [1.54, 1.807) is 0 Å². The molecule has 1 unspecified atom stereocenters. The summed E-state index contributed by atoms with van der Waals surface area (Å²) in [7, 11) is 0. The van der Waals surface area contributed by atoms with Gasteiger partial charge in [0.2, 0.25) is 0 Å². The molecule has 1 aromatic carbocycles. The van der Waals surface area contributed by atoms with Gasteiger partial charge in [-0.25, -0.2) is 0 Å². The number of nitrogens with two attached hydrogens (primary N) is 1. The number of hydrogen-bond acceptors (Lipinski definition) is 4. The van der Waals surface area contributed by atoms with Crippen LogP contribution in [0.1, 0.15) is 18.0 Å². The molecule has 5 N–H and O–H groups in total. The minimum atomic E-state index is -1.07. The third kappa shape index (κ3) is 2.84. The van der Waals surface area contributed by atoms with Crippen LogP contribution in [-0.4, -0.2) is 21.3 Å². The maximum Gasteiger partial charge on any atom is 0.305 e. The first-order chi connectivity index (χ1) is 6.91. The van der Waals surface area contributed by atoms with Crippen LogP contribution in [-0.2, 0) is 4.79 Å². The molecule has 0 fully saturated rings. The van der Waals surface area contributed by atoms with Crippen molar-refractivity contribution < 1.29 is 20.1 Å². The molecule has 0 aliphatic rings. The number of carbonyl (C=O) groups is 1. The number of rotatable bonds is 3. The van der Waals surface area contributed by atoms with Crippen molar-refractivity contribution in [1.82, 2.24) is 0 Å². The van der Waals surface area contributed by atoms with E-state index in [2.05, 4.69) is 15.9 Å². The van der Waals surface area contributed by atoms with Crippen LogP contribution in [0.4, 0.5) is 0 Å². The van der Waals surface area contributed by atoms with Crippen molar-refractivity contribution in [2.45, 2.75) is 12.5 Å². The molecular formula is C9H10BrNO4. The number of carboxylic acids is 1. The minimum Gasteiger partial charge on any atom is -0.504 e. The summed E-state index contributed by atoms with van der Waals surface area (Å²) in [6.45, 7) is 0. The second kappa shape index (κ2) is 4.50. The second-order valence-corrected chi connectivity index (χ2v) is 3.98. The van der Waals surface area contributed by atoms with Crippen molar-refractivity contribution in [3.05, 3.63) is 22.2 Å². The minimum absolute atomic E-state index is 0.198. The Morgan fingerprint density at radius 2 is 2.07 bits per heavy atom. The molecule has 0 bridgehead atoms. The summed E-state index contributed by atoms with van der Waals surface area (Å²) in [6, 6.07) is 1.92. The SMILES string of the molecule is NC(CC(=O)O)c1cc(Br)cc(O)c1O. The Kier molecular flexibility index (Phi) is 3.54. The van der Waals surface area contributed by atoms with Crippen molar-refractivity contribution in [3.8, 4) is 11.5 Å². The zero-order valence-corrected chi connectivity index (χ0v) is 9.23. The zero-order chi connectivity index (χ0) is 11.6. The molecule has 5 nitrogen and oxygen atoms in total. The Morgan fingerprint density at radius 3 is 2.60 bits per heavy atom. The first kappa shape index (κ1) is 11.8. The van der Waals surface area contributed by atoms with Gasteiger partial charge < -0.3 is 21.1 Å². The van der Waals surface area contributed by atoms with Crippen LogP contribution < -0.4 is 5.73 Å². The van der Waals surface area contributed by atoms with Crippen LogP contribution >= 0.6 is 15.9 Å². The van der Waals surface area contributed by atoms with Gasteiger partial charge in [-0.1, -0.05) is 15.9 Å². The maximum absolute atomic E-state index is 10.4. The van der Waals surface area contributed by atoms with Gasteiger partial charge in [0.25, 0.3) is 0 Å². The number of hydrogen-bond donors (Lipinski definition) is 4. The monoisotopic (exact) mass is 275 g/mol. The molecular weight excluding hydrogens is 266 g/mol. The first-order valence-electron chi connectivity index (χ1n) is 4.10. The van der Waals surface area contributed by atoms with Gasteiger partial charge in [-0.2, -0.15) is 0 Å². The topological polar surface area (TPSA) is 104 Å². The molecule has 1 rings (SSSR count). The standard InChI is InChI=1S/C9H10BrNO4/c10-4-1-5(6(11)3-8(13)14)9(15)7(12)2-4/h1-2,6,12,15H,3,11H2,(H,13,14). The normalized spacial score (nSPS) is 12.4. The lowest BCUT2D eigenvalue weighted by molar-refractivity contribution is -0.137. The van der Waals surface area contributed by atoms with Crippen molar-refractivity contribution in [2.75, 3.05) is 0 Å². The van der Waals surface area contributed by atoms with E-state index >= 15 is 0 Å². The largest absolute Gasteiger partial charge is 0.504 e. The van der Waals surface area contributed by atoms with Gasteiger partial charge in [-0.05, 0) is 12.1 Å². The fraction of sp³-hybridized carbons (Fsp3) is 0.222. The molecule has 1 atom stereocenters. The predicted molar refractivity (Wildman–Crippen MR) is 56.7 cm³/mol. The van der Waals surface area contributed by atoms with Crippen LogP contribution in [0.5, 0.6) is 11.5 Å². The molecule has 0 aliphatic heterocycles. The van der Waals surface area contributed by atoms with Gasteiger partial charge in [0.15, 0.2) is 11.5 Å². The van der Waals surface area contributed by atoms with Crippen molar-refractivity contribution in [2.24, 2.45) is 5.73 Å². The highest BCUT2D eigenvalue weighted by Crippen LogP contribution is 2.36. The maximum atomic E-state index is 10.4. The highest BCUT2D eigenvalue weighted by atomic mass is 79.9. The van der Waals surface area contributed by atoms with Gasteiger partial charge in [-0.3, -0.25) is 4.79 Å². The van der Waals surface area contributed by atoms with Crippen LogP contribution in [0, 0.1) is 0 Å². The molecule has 82 valence electrons.